The fourth-order valence-corrected chi connectivity index (χ4v) is 2.52. The van der Waals surface area contributed by atoms with Gasteiger partial charge in [-0.05, 0) is 24.3 Å². The van der Waals surface area contributed by atoms with Gasteiger partial charge in [0.2, 0.25) is 0 Å². The van der Waals surface area contributed by atoms with Crippen LogP contribution in [0.5, 0.6) is 11.5 Å². The standard InChI is InChI=1S/C12H5Cl5O/c13-6-4-8(15)12(9(16)5-6)18-10-3-1-2-7(14)11(10)17/h1-5H. The minimum Gasteiger partial charge on any atom is -0.453 e. The maximum atomic E-state index is 6.01. The monoisotopic (exact) mass is 340 g/mol. The molecule has 0 aromatic heterocycles. The Hall–Kier alpha value is -0.310. The van der Waals surface area contributed by atoms with E-state index in [0.717, 1.165) is 0 Å². The SMILES string of the molecule is Clc1cc(Cl)c(Oc2cccc(Cl)c2Cl)c(Cl)c1. The van der Waals surface area contributed by atoms with E-state index in [4.69, 9.17) is 62.7 Å². The Morgan fingerprint density at radius 3 is 2.00 bits per heavy atom. The Bertz CT molecular complexity index is 574. The molecule has 0 unspecified atom stereocenters. The minimum absolute atomic E-state index is 0.284. The first kappa shape index (κ1) is 14.1. The van der Waals surface area contributed by atoms with Crippen molar-refractivity contribution in [2.75, 3.05) is 0 Å². The maximum Gasteiger partial charge on any atom is 0.164 e. The van der Waals surface area contributed by atoms with Crippen LogP contribution in [0.25, 0.3) is 0 Å². The predicted molar refractivity (Wildman–Crippen MR) is 78.0 cm³/mol. The molecule has 18 heavy (non-hydrogen) atoms. The van der Waals surface area contributed by atoms with E-state index in [2.05, 4.69) is 0 Å². The van der Waals surface area contributed by atoms with E-state index in [-0.39, 0.29) is 5.75 Å². The summed E-state index contributed by atoms with van der Waals surface area (Å²) < 4.78 is 5.57. The van der Waals surface area contributed by atoms with Gasteiger partial charge < -0.3 is 4.74 Å². The molecular formula is C12H5Cl5O. The van der Waals surface area contributed by atoms with Gasteiger partial charge in [0.25, 0.3) is 0 Å². The van der Waals surface area contributed by atoms with Crippen molar-refractivity contribution in [1.29, 1.82) is 0 Å². The van der Waals surface area contributed by atoms with Gasteiger partial charge in [-0.1, -0.05) is 64.1 Å². The van der Waals surface area contributed by atoms with E-state index in [9.17, 15) is 0 Å². The van der Waals surface area contributed by atoms with E-state index in [1.165, 1.54) is 12.1 Å². The molecule has 2 aromatic rings. The van der Waals surface area contributed by atoms with Gasteiger partial charge in [-0.15, -0.1) is 0 Å². The average molecular weight is 342 g/mol. The number of hydrogen-bond acceptors (Lipinski definition) is 1. The third kappa shape index (κ3) is 2.98. The summed E-state index contributed by atoms with van der Waals surface area (Å²) in [5.74, 6) is 0.655. The van der Waals surface area contributed by atoms with Crippen LogP contribution < -0.4 is 4.74 Å². The first-order chi connectivity index (χ1) is 8.49. The highest BCUT2D eigenvalue weighted by Gasteiger charge is 2.13. The van der Waals surface area contributed by atoms with Crippen molar-refractivity contribution < 1.29 is 4.74 Å². The summed E-state index contributed by atoms with van der Waals surface area (Å²) >= 11 is 29.7. The molecule has 0 aliphatic rings. The number of hydrogen-bond donors (Lipinski definition) is 0. The lowest BCUT2D eigenvalue weighted by Crippen LogP contribution is -1.88. The Morgan fingerprint density at radius 1 is 0.778 bits per heavy atom. The molecule has 0 aliphatic carbocycles. The molecule has 0 aliphatic heterocycles. The molecule has 0 amide bonds. The van der Waals surface area contributed by atoms with Gasteiger partial charge in [0.15, 0.2) is 5.75 Å². The molecule has 0 saturated heterocycles. The number of rotatable bonds is 2. The lowest BCUT2D eigenvalue weighted by Gasteiger charge is -2.11. The fraction of sp³-hybridized carbons (Fsp3) is 0. The molecule has 2 rings (SSSR count). The summed E-state index contributed by atoms with van der Waals surface area (Å²) in [6.07, 6.45) is 0. The molecule has 0 N–H and O–H groups in total. The second-order valence-electron chi connectivity index (χ2n) is 3.35. The molecule has 0 spiro atoms. The van der Waals surface area contributed by atoms with Crippen molar-refractivity contribution >= 4 is 58.0 Å². The van der Waals surface area contributed by atoms with Crippen LogP contribution in [0.1, 0.15) is 0 Å². The lowest BCUT2D eigenvalue weighted by atomic mass is 10.3. The van der Waals surface area contributed by atoms with Crippen LogP contribution in [-0.4, -0.2) is 0 Å². The second-order valence-corrected chi connectivity index (χ2v) is 5.39. The Morgan fingerprint density at radius 2 is 1.39 bits per heavy atom. The summed E-state index contributed by atoms with van der Waals surface area (Å²) in [5.41, 5.74) is 0. The van der Waals surface area contributed by atoms with E-state index in [0.29, 0.717) is 30.9 Å². The summed E-state index contributed by atoms with van der Waals surface area (Å²) in [6.45, 7) is 0. The number of halogens is 5. The van der Waals surface area contributed by atoms with Crippen LogP contribution in [-0.2, 0) is 0 Å². The molecule has 94 valence electrons. The molecule has 0 bridgehead atoms. The highest BCUT2D eigenvalue weighted by atomic mass is 35.5. The van der Waals surface area contributed by atoms with Crippen molar-refractivity contribution in [3.05, 3.63) is 55.4 Å². The summed E-state index contributed by atoms with van der Waals surface area (Å²) in [7, 11) is 0. The topological polar surface area (TPSA) is 9.23 Å². The molecule has 0 atom stereocenters. The van der Waals surface area contributed by atoms with Gasteiger partial charge in [-0.25, -0.2) is 0 Å². The van der Waals surface area contributed by atoms with Crippen molar-refractivity contribution in [3.63, 3.8) is 0 Å². The molecule has 0 radical (unpaired) electrons. The lowest BCUT2D eigenvalue weighted by molar-refractivity contribution is 0.483. The van der Waals surface area contributed by atoms with Gasteiger partial charge >= 0.3 is 0 Å². The Balaban J connectivity index is 2.43. The first-order valence-electron chi connectivity index (χ1n) is 4.75. The highest BCUT2D eigenvalue weighted by Crippen LogP contribution is 2.41. The molecule has 2 aromatic carbocycles. The van der Waals surface area contributed by atoms with Gasteiger partial charge in [0.05, 0.1) is 15.1 Å². The molecule has 0 heterocycles. The van der Waals surface area contributed by atoms with Crippen LogP contribution in [0.3, 0.4) is 0 Å². The summed E-state index contributed by atoms with van der Waals surface area (Å²) in [4.78, 5) is 0. The third-order valence-corrected chi connectivity index (χ3v) is 3.67. The summed E-state index contributed by atoms with van der Waals surface area (Å²) in [5, 5.41) is 1.69. The third-order valence-electron chi connectivity index (χ3n) is 2.09. The van der Waals surface area contributed by atoms with Gasteiger partial charge in [-0.2, -0.15) is 0 Å². The smallest absolute Gasteiger partial charge is 0.164 e. The highest BCUT2D eigenvalue weighted by molar-refractivity contribution is 6.43. The van der Waals surface area contributed by atoms with E-state index in [1.807, 2.05) is 0 Å². The van der Waals surface area contributed by atoms with E-state index < -0.39 is 0 Å². The van der Waals surface area contributed by atoms with Crippen LogP contribution in [0, 0.1) is 0 Å². The number of ether oxygens (including phenoxy) is 1. The molecule has 1 nitrogen and oxygen atoms in total. The average Bonchev–Trinajstić information content (AvgIpc) is 2.28. The van der Waals surface area contributed by atoms with Crippen LogP contribution in [0.4, 0.5) is 0 Å². The van der Waals surface area contributed by atoms with Gasteiger partial charge in [-0.3, -0.25) is 0 Å². The van der Waals surface area contributed by atoms with Crippen molar-refractivity contribution in [2.24, 2.45) is 0 Å². The minimum atomic E-state index is 0.284. The van der Waals surface area contributed by atoms with Crippen molar-refractivity contribution in [3.8, 4) is 11.5 Å². The van der Waals surface area contributed by atoms with E-state index >= 15 is 0 Å². The molecule has 0 fully saturated rings. The fourth-order valence-electron chi connectivity index (χ4n) is 1.30. The Labute approximate surface area is 129 Å². The summed E-state index contributed by atoms with van der Waals surface area (Å²) in [6, 6.07) is 8.09. The number of benzene rings is 2. The van der Waals surface area contributed by atoms with Gasteiger partial charge in [0.1, 0.15) is 10.8 Å². The van der Waals surface area contributed by atoms with Crippen LogP contribution in [0.2, 0.25) is 25.1 Å². The quantitative estimate of drug-likeness (QED) is 0.587. The van der Waals surface area contributed by atoms with Crippen molar-refractivity contribution in [2.45, 2.75) is 0 Å². The molecule has 6 heteroatoms. The second kappa shape index (κ2) is 5.77. The van der Waals surface area contributed by atoms with Crippen molar-refractivity contribution in [1.82, 2.24) is 0 Å². The van der Waals surface area contributed by atoms with E-state index in [1.54, 1.807) is 18.2 Å². The maximum absolute atomic E-state index is 6.01. The first-order valence-corrected chi connectivity index (χ1v) is 6.64. The zero-order valence-corrected chi connectivity index (χ0v) is 12.5. The molecular weight excluding hydrogens is 337 g/mol. The normalized spacial score (nSPS) is 10.5. The van der Waals surface area contributed by atoms with Crippen LogP contribution in [0.15, 0.2) is 30.3 Å². The predicted octanol–water partition coefficient (Wildman–Crippen LogP) is 6.75. The Kier molecular flexibility index (Phi) is 4.52. The zero-order chi connectivity index (χ0) is 13.3. The van der Waals surface area contributed by atoms with Crippen LogP contribution >= 0.6 is 58.0 Å². The van der Waals surface area contributed by atoms with Gasteiger partial charge in [0, 0.05) is 5.02 Å². The largest absolute Gasteiger partial charge is 0.453 e. The zero-order valence-electron chi connectivity index (χ0n) is 8.68. The molecule has 0 saturated carbocycles.